The average Bonchev–Trinajstić information content (AvgIpc) is 2.99. The van der Waals surface area contributed by atoms with Crippen LogP contribution in [0.25, 0.3) is 10.9 Å². The third kappa shape index (κ3) is 6.43. The molecule has 8 nitrogen and oxygen atoms in total. The van der Waals surface area contributed by atoms with Crippen molar-refractivity contribution in [2.24, 2.45) is 0 Å². The highest BCUT2D eigenvalue weighted by molar-refractivity contribution is 6.07. The topological polar surface area (TPSA) is 79.0 Å². The van der Waals surface area contributed by atoms with Crippen LogP contribution in [-0.2, 0) is 0 Å². The molecule has 0 unspecified atom stereocenters. The fourth-order valence-corrected chi connectivity index (χ4v) is 4.95. The van der Waals surface area contributed by atoms with Crippen LogP contribution in [-0.4, -0.2) is 69.3 Å². The number of nitrogens with one attached hydrogen (secondary N) is 2. The Kier molecular flexibility index (Phi) is 8.61. The van der Waals surface area contributed by atoms with Gasteiger partial charge in [0.25, 0.3) is 5.91 Å². The van der Waals surface area contributed by atoms with Crippen LogP contribution in [0.15, 0.2) is 72.8 Å². The van der Waals surface area contributed by atoms with Crippen LogP contribution < -0.4 is 25.0 Å². The summed E-state index contributed by atoms with van der Waals surface area (Å²) in [6.45, 7) is 5.14. The maximum atomic E-state index is 13.3. The Morgan fingerprint density at radius 1 is 0.950 bits per heavy atom. The van der Waals surface area contributed by atoms with E-state index in [0.29, 0.717) is 29.4 Å². The summed E-state index contributed by atoms with van der Waals surface area (Å²) in [6.07, 6.45) is 0.847. The summed E-state index contributed by atoms with van der Waals surface area (Å²) in [7, 11) is 3.20. The molecule has 0 aliphatic carbocycles. The SMILES string of the molecule is COc1ccc(Nc2cc(C(=O)NCCCN3CCN(c4ccc(F)cc4)CC3)c3ccccc3n2)c(OC)c1. The van der Waals surface area contributed by atoms with Gasteiger partial charge in [0.05, 0.1) is 31.0 Å². The lowest BCUT2D eigenvalue weighted by atomic mass is 10.1. The number of methoxy groups -OCH3 is 2. The van der Waals surface area contributed by atoms with Crippen LogP contribution >= 0.6 is 0 Å². The number of benzene rings is 3. The van der Waals surface area contributed by atoms with Crippen LogP contribution in [0.5, 0.6) is 11.5 Å². The molecule has 1 aliphatic rings. The van der Waals surface area contributed by atoms with Gasteiger partial charge in [-0.25, -0.2) is 9.37 Å². The van der Waals surface area contributed by atoms with Crippen molar-refractivity contribution in [3.8, 4) is 11.5 Å². The number of para-hydroxylation sites is 1. The second kappa shape index (κ2) is 12.7. The molecule has 0 atom stereocenters. The number of halogens is 1. The largest absolute Gasteiger partial charge is 0.497 e. The van der Waals surface area contributed by atoms with Gasteiger partial charge >= 0.3 is 0 Å². The molecule has 5 rings (SSSR count). The minimum absolute atomic E-state index is 0.135. The summed E-state index contributed by atoms with van der Waals surface area (Å²) in [5, 5.41) is 7.18. The minimum Gasteiger partial charge on any atom is -0.497 e. The zero-order valence-electron chi connectivity index (χ0n) is 22.8. The standard InChI is InChI=1S/C31H34FN5O3/c1-39-24-12-13-28(29(20-24)40-2)35-30-21-26(25-6-3-4-7-27(25)34-30)31(38)33-14-5-15-36-16-18-37(19-17-36)23-10-8-22(32)9-11-23/h3-4,6-13,20-21H,5,14-19H2,1-2H3,(H,33,38)(H,34,35). The van der Waals surface area contributed by atoms with Crippen molar-refractivity contribution in [3.05, 3.63) is 84.2 Å². The van der Waals surface area contributed by atoms with Gasteiger partial charge in [-0.3, -0.25) is 9.69 Å². The summed E-state index contributed by atoms with van der Waals surface area (Å²) < 4.78 is 24.0. The number of piperazine rings is 1. The zero-order chi connectivity index (χ0) is 27.9. The second-order valence-electron chi connectivity index (χ2n) is 9.68. The van der Waals surface area contributed by atoms with E-state index < -0.39 is 0 Å². The van der Waals surface area contributed by atoms with Crippen molar-refractivity contribution in [3.63, 3.8) is 0 Å². The predicted molar refractivity (Wildman–Crippen MR) is 157 cm³/mol. The van der Waals surface area contributed by atoms with Gasteiger partial charge in [-0.05, 0) is 61.5 Å². The number of hydrogen-bond donors (Lipinski definition) is 2. The summed E-state index contributed by atoms with van der Waals surface area (Å²) >= 11 is 0. The Bertz CT molecular complexity index is 1460. The van der Waals surface area contributed by atoms with E-state index in [2.05, 4.69) is 20.4 Å². The number of rotatable bonds is 10. The second-order valence-corrected chi connectivity index (χ2v) is 9.68. The lowest BCUT2D eigenvalue weighted by Crippen LogP contribution is -2.47. The summed E-state index contributed by atoms with van der Waals surface area (Å²) in [4.78, 5) is 22.7. The smallest absolute Gasteiger partial charge is 0.252 e. The molecule has 1 aromatic heterocycles. The fourth-order valence-electron chi connectivity index (χ4n) is 4.95. The molecule has 4 aromatic rings. The number of ether oxygens (including phenoxy) is 2. The average molecular weight is 544 g/mol. The number of nitrogens with zero attached hydrogens (tertiary/aromatic N) is 3. The number of fused-ring (bicyclic) bond motifs is 1. The van der Waals surface area contributed by atoms with Crippen molar-refractivity contribution >= 4 is 34.0 Å². The van der Waals surface area contributed by atoms with Crippen molar-refractivity contribution < 1.29 is 18.7 Å². The molecule has 0 radical (unpaired) electrons. The molecular weight excluding hydrogens is 509 g/mol. The van der Waals surface area contributed by atoms with Crippen molar-refractivity contribution in [1.29, 1.82) is 0 Å². The Hall–Kier alpha value is -4.37. The number of hydrogen-bond acceptors (Lipinski definition) is 7. The molecule has 2 N–H and O–H groups in total. The third-order valence-electron chi connectivity index (χ3n) is 7.13. The molecule has 208 valence electrons. The highest BCUT2D eigenvalue weighted by atomic mass is 19.1. The minimum atomic E-state index is -0.214. The Balaban J connectivity index is 1.18. The Morgan fingerprint density at radius 3 is 2.48 bits per heavy atom. The van der Waals surface area contributed by atoms with Gasteiger partial charge < -0.3 is 25.0 Å². The zero-order valence-corrected chi connectivity index (χ0v) is 22.8. The molecule has 0 bridgehead atoms. The van der Waals surface area contributed by atoms with Crippen molar-refractivity contribution in [2.45, 2.75) is 6.42 Å². The van der Waals surface area contributed by atoms with E-state index in [1.54, 1.807) is 26.4 Å². The Morgan fingerprint density at radius 2 is 1.73 bits per heavy atom. The van der Waals surface area contributed by atoms with E-state index in [-0.39, 0.29) is 11.7 Å². The molecular formula is C31H34FN5O3. The van der Waals surface area contributed by atoms with E-state index in [1.165, 1.54) is 12.1 Å². The summed E-state index contributed by atoms with van der Waals surface area (Å²) in [5.74, 6) is 1.49. The maximum absolute atomic E-state index is 13.3. The lowest BCUT2D eigenvalue weighted by Gasteiger charge is -2.36. The van der Waals surface area contributed by atoms with Gasteiger partial charge in [0.1, 0.15) is 23.1 Å². The van der Waals surface area contributed by atoms with Crippen molar-refractivity contribution in [1.82, 2.24) is 15.2 Å². The highest BCUT2D eigenvalue weighted by Crippen LogP contribution is 2.32. The van der Waals surface area contributed by atoms with Gasteiger partial charge in [0.15, 0.2) is 0 Å². The molecule has 0 saturated carbocycles. The lowest BCUT2D eigenvalue weighted by molar-refractivity contribution is 0.0953. The van der Waals surface area contributed by atoms with Crippen LogP contribution in [0.1, 0.15) is 16.8 Å². The van der Waals surface area contributed by atoms with E-state index in [0.717, 1.165) is 61.4 Å². The number of aromatic nitrogens is 1. The molecule has 40 heavy (non-hydrogen) atoms. The van der Waals surface area contributed by atoms with Crippen LogP contribution in [0.4, 0.5) is 21.6 Å². The monoisotopic (exact) mass is 543 g/mol. The molecule has 0 spiro atoms. The van der Waals surface area contributed by atoms with Crippen LogP contribution in [0.3, 0.4) is 0 Å². The number of anilines is 3. The van der Waals surface area contributed by atoms with Crippen LogP contribution in [0.2, 0.25) is 0 Å². The quantitative estimate of drug-likeness (QED) is 0.270. The molecule has 9 heteroatoms. The summed E-state index contributed by atoms with van der Waals surface area (Å²) in [5.41, 5.74) is 3.06. The van der Waals surface area contributed by atoms with Gasteiger partial charge in [-0.15, -0.1) is 0 Å². The first-order valence-corrected chi connectivity index (χ1v) is 13.4. The predicted octanol–water partition coefficient (Wildman–Crippen LogP) is 5.08. The molecule has 2 heterocycles. The highest BCUT2D eigenvalue weighted by Gasteiger charge is 2.18. The molecule has 1 aliphatic heterocycles. The molecule has 1 fully saturated rings. The fraction of sp³-hybridized carbons (Fsp3) is 0.290. The van der Waals surface area contributed by atoms with Crippen LogP contribution in [0, 0.1) is 5.82 Å². The third-order valence-corrected chi connectivity index (χ3v) is 7.13. The molecule has 1 amide bonds. The number of amides is 1. The molecule has 1 saturated heterocycles. The number of pyridine rings is 1. The first-order valence-electron chi connectivity index (χ1n) is 13.4. The maximum Gasteiger partial charge on any atom is 0.252 e. The van der Waals surface area contributed by atoms with Crippen molar-refractivity contribution in [2.75, 3.05) is 63.7 Å². The molecule has 3 aromatic carbocycles. The Labute approximate surface area is 233 Å². The van der Waals surface area contributed by atoms with E-state index in [9.17, 15) is 9.18 Å². The summed E-state index contributed by atoms with van der Waals surface area (Å²) in [6, 6.07) is 21.6. The van der Waals surface area contributed by atoms with E-state index >= 15 is 0 Å². The normalized spacial score (nSPS) is 13.7. The van der Waals surface area contributed by atoms with Gasteiger partial charge in [-0.2, -0.15) is 0 Å². The number of carbonyl (C=O) groups excluding carboxylic acids is 1. The number of carbonyl (C=O) groups is 1. The van der Waals surface area contributed by atoms with Gasteiger partial charge in [-0.1, -0.05) is 18.2 Å². The van der Waals surface area contributed by atoms with Gasteiger partial charge in [0, 0.05) is 49.9 Å². The first kappa shape index (κ1) is 27.2. The van der Waals surface area contributed by atoms with Gasteiger partial charge in [0.2, 0.25) is 0 Å². The first-order chi connectivity index (χ1) is 19.5. The van der Waals surface area contributed by atoms with E-state index in [1.807, 2.05) is 48.5 Å². The van der Waals surface area contributed by atoms with E-state index in [4.69, 9.17) is 14.5 Å².